The van der Waals surface area contributed by atoms with Crippen molar-refractivity contribution in [3.05, 3.63) is 42.0 Å². The normalized spacial score (nSPS) is 18.7. The Morgan fingerprint density at radius 2 is 1.85 bits per heavy atom. The molecule has 3 aromatic rings. The molecule has 4 rings (SSSR count). The third-order valence-electron chi connectivity index (χ3n) is 6.01. The molecule has 1 aromatic carbocycles. The van der Waals surface area contributed by atoms with Crippen molar-refractivity contribution in [1.29, 1.82) is 0 Å². The Kier molecular flexibility index (Phi) is 6.76. The van der Waals surface area contributed by atoms with Crippen LogP contribution in [0, 0.1) is 6.92 Å². The number of aromatic nitrogens is 4. The highest BCUT2D eigenvalue weighted by Crippen LogP contribution is 2.26. The lowest BCUT2D eigenvalue weighted by Crippen LogP contribution is -2.49. The molecule has 0 aliphatic heterocycles. The van der Waals surface area contributed by atoms with Gasteiger partial charge in [0, 0.05) is 17.6 Å². The van der Waals surface area contributed by atoms with Gasteiger partial charge < -0.3 is 15.5 Å². The lowest BCUT2D eigenvalue weighted by atomic mass is 9.91. The van der Waals surface area contributed by atoms with Crippen molar-refractivity contribution >= 4 is 15.7 Å². The number of benzene rings is 1. The predicted octanol–water partition coefficient (Wildman–Crippen LogP) is 2.68. The zero-order valence-electron chi connectivity index (χ0n) is 19.4. The minimum absolute atomic E-state index is 0.0731. The summed E-state index contributed by atoms with van der Waals surface area (Å²) in [5, 5.41) is 10.2. The Balaban J connectivity index is 1.56. The molecule has 1 fully saturated rings. The molecule has 1 saturated carbocycles. The minimum atomic E-state index is -3.37. The van der Waals surface area contributed by atoms with Gasteiger partial charge in [-0.2, -0.15) is 0 Å². The van der Waals surface area contributed by atoms with Crippen molar-refractivity contribution < 1.29 is 17.6 Å². The average molecular weight is 485 g/mol. The number of carbonyl (C=O) groups excluding carboxylic acids is 1. The van der Waals surface area contributed by atoms with E-state index in [-0.39, 0.29) is 28.8 Å². The first-order chi connectivity index (χ1) is 16.2. The maximum atomic E-state index is 12.6. The molecule has 1 amide bonds. The van der Waals surface area contributed by atoms with E-state index < -0.39 is 21.0 Å². The molecule has 34 heavy (non-hydrogen) atoms. The number of nitrogens with two attached hydrogens (primary N) is 1. The van der Waals surface area contributed by atoms with Gasteiger partial charge in [-0.1, -0.05) is 25.0 Å². The number of aryl methyl sites for hydroxylation is 1. The Morgan fingerprint density at radius 1 is 1.15 bits per heavy atom. The Labute approximate surface area is 198 Å². The van der Waals surface area contributed by atoms with Gasteiger partial charge in [-0.15, -0.1) is 10.2 Å². The second kappa shape index (κ2) is 9.59. The molecule has 1 aliphatic rings. The molecule has 0 spiro atoms. The van der Waals surface area contributed by atoms with Crippen LogP contribution >= 0.6 is 0 Å². The van der Waals surface area contributed by atoms with Crippen molar-refractivity contribution in [2.75, 3.05) is 0 Å². The lowest BCUT2D eigenvalue weighted by Gasteiger charge is -2.28. The van der Waals surface area contributed by atoms with Crippen molar-refractivity contribution in [3.63, 3.8) is 0 Å². The van der Waals surface area contributed by atoms with E-state index in [4.69, 9.17) is 10.2 Å². The second-order valence-electron chi connectivity index (χ2n) is 8.75. The zero-order chi connectivity index (χ0) is 24.5. The fourth-order valence-electron chi connectivity index (χ4n) is 3.86. The van der Waals surface area contributed by atoms with Crippen LogP contribution in [0.5, 0.6) is 0 Å². The zero-order valence-corrected chi connectivity index (χ0v) is 20.2. The molecule has 2 heterocycles. The monoisotopic (exact) mass is 484 g/mol. The van der Waals surface area contributed by atoms with E-state index in [0.29, 0.717) is 22.6 Å². The van der Waals surface area contributed by atoms with Crippen LogP contribution in [0.1, 0.15) is 55.9 Å². The third kappa shape index (κ3) is 4.85. The number of carbonyl (C=O) groups is 1. The summed E-state index contributed by atoms with van der Waals surface area (Å²) in [5.74, 6) is -0.559. The fourth-order valence-corrected chi connectivity index (χ4v) is 4.92. The Bertz CT molecular complexity index is 1290. The summed E-state index contributed by atoms with van der Waals surface area (Å²) in [7, 11) is -3.37. The van der Waals surface area contributed by atoms with Crippen LogP contribution in [-0.4, -0.2) is 51.8 Å². The number of nitrogens with zero attached hydrogens (tertiary/aromatic N) is 4. The van der Waals surface area contributed by atoms with Gasteiger partial charge in [-0.05, 0) is 45.7 Å². The van der Waals surface area contributed by atoms with E-state index >= 15 is 0 Å². The van der Waals surface area contributed by atoms with Crippen molar-refractivity contribution in [2.24, 2.45) is 5.73 Å². The fraction of sp³-hybridized carbons (Fsp3) is 0.435. The molecule has 11 heteroatoms. The molecular formula is C23H28N6O4S. The first-order valence-electron chi connectivity index (χ1n) is 11.2. The van der Waals surface area contributed by atoms with Gasteiger partial charge in [0.2, 0.25) is 0 Å². The highest BCUT2D eigenvalue weighted by molar-refractivity contribution is 7.92. The molecule has 3 N–H and O–H groups in total. The summed E-state index contributed by atoms with van der Waals surface area (Å²) in [5.41, 5.74) is 8.19. The first kappa shape index (κ1) is 24.0. The molecular weight excluding hydrogens is 456 g/mol. The summed E-state index contributed by atoms with van der Waals surface area (Å²) in [6.45, 7) is 5.03. The van der Waals surface area contributed by atoms with Gasteiger partial charge in [0.1, 0.15) is 5.69 Å². The highest BCUT2D eigenvalue weighted by Gasteiger charge is 2.26. The molecule has 2 aromatic heterocycles. The van der Waals surface area contributed by atoms with Gasteiger partial charge in [-0.3, -0.25) is 9.78 Å². The van der Waals surface area contributed by atoms with Gasteiger partial charge in [-0.25, -0.2) is 13.4 Å². The van der Waals surface area contributed by atoms with E-state index in [2.05, 4.69) is 25.5 Å². The number of rotatable bonds is 6. The van der Waals surface area contributed by atoms with E-state index in [1.165, 1.54) is 0 Å². The Hall–Kier alpha value is -3.18. The largest absolute Gasteiger partial charge is 0.411 e. The van der Waals surface area contributed by atoms with Crippen LogP contribution in [0.25, 0.3) is 22.8 Å². The number of nitrogens with one attached hydrogen (secondary N) is 1. The van der Waals surface area contributed by atoms with E-state index in [0.717, 1.165) is 25.7 Å². The summed E-state index contributed by atoms with van der Waals surface area (Å²) in [6, 6.07) is 6.25. The van der Waals surface area contributed by atoms with Crippen molar-refractivity contribution in [3.8, 4) is 22.8 Å². The molecule has 2 atom stereocenters. The van der Waals surface area contributed by atoms with Crippen LogP contribution < -0.4 is 11.1 Å². The highest BCUT2D eigenvalue weighted by atomic mass is 32.2. The van der Waals surface area contributed by atoms with E-state index in [1.54, 1.807) is 51.2 Å². The molecule has 0 bridgehead atoms. The first-order valence-corrected chi connectivity index (χ1v) is 12.8. The van der Waals surface area contributed by atoms with Crippen LogP contribution in [0.3, 0.4) is 0 Å². The van der Waals surface area contributed by atoms with Crippen molar-refractivity contribution in [2.45, 2.75) is 68.7 Å². The Morgan fingerprint density at radius 3 is 2.53 bits per heavy atom. The lowest BCUT2D eigenvalue weighted by molar-refractivity contribution is 0.0886. The predicted molar refractivity (Wildman–Crippen MR) is 126 cm³/mol. The van der Waals surface area contributed by atoms with Gasteiger partial charge in [0.15, 0.2) is 9.84 Å². The maximum Gasteiger partial charge on any atom is 0.309 e. The average Bonchev–Trinajstić information content (AvgIpc) is 3.31. The summed E-state index contributed by atoms with van der Waals surface area (Å²) < 4.78 is 30.4. The molecule has 1 aliphatic carbocycles. The second-order valence-corrected chi connectivity index (χ2v) is 11.3. The number of sulfone groups is 1. The smallest absolute Gasteiger partial charge is 0.309 e. The minimum Gasteiger partial charge on any atom is -0.411 e. The molecule has 180 valence electrons. The van der Waals surface area contributed by atoms with Gasteiger partial charge in [0.25, 0.3) is 5.89 Å². The van der Waals surface area contributed by atoms with Crippen LogP contribution in [0.15, 0.2) is 39.8 Å². The van der Waals surface area contributed by atoms with E-state index in [9.17, 15) is 13.2 Å². The van der Waals surface area contributed by atoms with E-state index in [1.807, 2.05) is 0 Å². The molecule has 2 unspecified atom stereocenters. The topological polar surface area (TPSA) is 154 Å². The quantitative estimate of drug-likeness (QED) is 0.537. The number of hydrogen-bond donors (Lipinski definition) is 2. The van der Waals surface area contributed by atoms with Crippen LogP contribution in [0.2, 0.25) is 0 Å². The summed E-state index contributed by atoms with van der Waals surface area (Å²) >= 11 is 0. The number of amides is 1. The third-order valence-corrected chi connectivity index (χ3v) is 8.18. The van der Waals surface area contributed by atoms with Gasteiger partial charge >= 0.3 is 11.8 Å². The van der Waals surface area contributed by atoms with Crippen LogP contribution in [-0.2, 0) is 9.84 Å². The SMILES string of the molecule is Cc1ncc(-c2ccc(S(=O)(=O)C(C)C)cc2)nc1-c1nnc(C(=O)NC2CCCCC2N)o1. The molecule has 10 nitrogen and oxygen atoms in total. The summed E-state index contributed by atoms with van der Waals surface area (Å²) in [4.78, 5) is 21.8. The summed E-state index contributed by atoms with van der Waals surface area (Å²) in [6.07, 6.45) is 5.34. The van der Waals surface area contributed by atoms with Gasteiger partial charge in [0.05, 0.1) is 27.7 Å². The van der Waals surface area contributed by atoms with Crippen LogP contribution in [0.4, 0.5) is 0 Å². The van der Waals surface area contributed by atoms with Crippen molar-refractivity contribution in [1.82, 2.24) is 25.5 Å². The molecule has 0 radical (unpaired) electrons. The standard InChI is InChI=1S/C23H28N6O4S/c1-13(2)34(31,32)16-10-8-15(9-11-16)19-12-25-14(3)20(26-19)22-28-29-23(33-22)21(30)27-18-7-5-4-6-17(18)24/h8-13,17-18H,4-7,24H2,1-3H3,(H,27,30). The number of hydrogen-bond acceptors (Lipinski definition) is 9. The molecule has 0 saturated heterocycles. The maximum absolute atomic E-state index is 12.6.